The lowest BCUT2D eigenvalue weighted by molar-refractivity contribution is 0.0966. The monoisotopic (exact) mass is 290 g/mol. The molecule has 3 aromatic rings. The molecule has 0 fully saturated rings. The first-order chi connectivity index (χ1) is 10.7. The number of benzene rings is 1. The summed E-state index contributed by atoms with van der Waals surface area (Å²) in [6.07, 6.45) is 5.53. The molecular formula is C17H14N4O. The molecule has 0 radical (unpaired) electrons. The molecule has 2 aromatic heterocycles. The average Bonchev–Trinajstić information content (AvgIpc) is 3.11. The predicted octanol–water partition coefficient (Wildman–Crippen LogP) is 2.39. The minimum Gasteiger partial charge on any atom is -0.348 e. The molecule has 0 bridgehead atoms. The van der Waals surface area contributed by atoms with Crippen LogP contribution in [0.5, 0.6) is 0 Å². The molecule has 1 aromatic carbocycles. The number of amides is 1. The molecule has 3 heterocycles. The maximum Gasteiger partial charge on any atom is 0.251 e. The number of carbonyl (C=O) groups is 1. The third-order valence-electron chi connectivity index (χ3n) is 3.88. The van der Waals surface area contributed by atoms with Gasteiger partial charge in [-0.15, -0.1) is 0 Å². The summed E-state index contributed by atoms with van der Waals surface area (Å²) in [5, 5.41) is 7.42. The molecule has 0 spiro atoms. The molecule has 1 aliphatic heterocycles. The number of hydrogen-bond donors (Lipinski definition) is 1. The van der Waals surface area contributed by atoms with Gasteiger partial charge in [-0.3, -0.25) is 14.5 Å². The summed E-state index contributed by atoms with van der Waals surface area (Å²) in [4.78, 5) is 15.7. The summed E-state index contributed by atoms with van der Waals surface area (Å²) in [6, 6.07) is 9.82. The summed E-state index contributed by atoms with van der Waals surface area (Å²) < 4.78 is 1.81. The van der Waals surface area contributed by atoms with Crippen molar-refractivity contribution in [3.8, 4) is 22.4 Å². The first-order valence-electron chi connectivity index (χ1n) is 7.08. The van der Waals surface area contributed by atoms with Crippen LogP contribution >= 0.6 is 0 Å². The zero-order chi connectivity index (χ0) is 15.1. The highest BCUT2D eigenvalue weighted by Gasteiger charge is 2.20. The smallest absolute Gasteiger partial charge is 0.251 e. The summed E-state index contributed by atoms with van der Waals surface area (Å²) in [5.41, 5.74) is 5.86. The van der Waals surface area contributed by atoms with Crippen molar-refractivity contribution in [3.05, 3.63) is 60.0 Å². The highest BCUT2D eigenvalue weighted by molar-refractivity contribution is 5.99. The normalized spacial score (nSPS) is 13.0. The number of nitrogens with one attached hydrogen (secondary N) is 1. The van der Waals surface area contributed by atoms with Crippen LogP contribution in [0.3, 0.4) is 0 Å². The van der Waals surface area contributed by atoms with E-state index in [9.17, 15) is 4.79 Å². The van der Waals surface area contributed by atoms with E-state index in [-0.39, 0.29) is 5.91 Å². The largest absolute Gasteiger partial charge is 0.348 e. The molecule has 22 heavy (non-hydrogen) atoms. The second-order valence-corrected chi connectivity index (χ2v) is 5.36. The van der Waals surface area contributed by atoms with Gasteiger partial charge in [-0.2, -0.15) is 5.10 Å². The third kappa shape index (κ3) is 1.98. The number of carbonyl (C=O) groups excluding carboxylic acids is 1. The Kier molecular flexibility index (Phi) is 2.79. The van der Waals surface area contributed by atoms with E-state index in [1.807, 2.05) is 42.2 Å². The number of hydrogen-bond acceptors (Lipinski definition) is 3. The maximum absolute atomic E-state index is 11.7. The van der Waals surface area contributed by atoms with E-state index < -0.39 is 0 Å². The highest BCUT2D eigenvalue weighted by Crippen LogP contribution is 2.32. The van der Waals surface area contributed by atoms with Gasteiger partial charge in [0.05, 0.1) is 0 Å². The minimum absolute atomic E-state index is 0.00194. The van der Waals surface area contributed by atoms with Gasteiger partial charge in [0.25, 0.3) is 5.91 Å². The molecule has 0 atom stereocenters. The van der Waals surface area contributed by atoms with Crippen molar-refractivity contribution in [2.24, 2.45) is 7.05 Å². The van der Waals surface area contributed by atoms with Crippen LogP contribution in [0.4, 0.5) is 0 Å². The van der Waals surface area contributed by atoms with Crippen molar-refractivity contribution in [2.75, 3.05) is 0 Å². The number of pyridine rings is 1. The van der Waals surface area contributed by atoms with Gasteiger partial charge in [0.2, 0.25) is 0 Å². The van der Waals surface area contributed by atoms with E-state index in [0.29, 0.717) is 6.54 Å². The van der Waals surface area contributed by atoms with E-state index in [1.54, 1.807) is 12.4 Å². The Morgan fingerprint density at radius 1 is 1.09 bits per heavy atom. The first kappa shape index (κ1) is 12.8. The zero-order valence-corrected chi connectivity index (χ0v) is 12.1. The summed E-state index contributed by atoms with van der Waals surface area (Å²) in [7, 11) is 1.91. The lowest BCUT2D eigenvalue weighted by atomic mass is 9.99. The Hall–Kier alpha value is -2.95. The van der Waals surface area contributed by atoms with Gasteiger partial charge in [-0.25, -0.2) is 0 Å². The fourth-order valence-corrected chi connectivity index (χ4v) is 2.82. The standard InChI is InChI=1S/C17H14N4O/c1-21-10-15(16(20-21)11-4-6-18-7-5-11)12-2-3-14-13(8-12)9-19-17(14)22/h2-8,10H,9H2,1H3,(H,19,22). The Balaban J connectivity index is 1.86. The van der Waals surface area contributed by atoms with Crippen LogP contribution in [0, 0.1) is 0 Å². The number of nitrogens with zero attached hydrogens (tertiary/aromatic N) is 3. The lowest BCUT2D eigenvalue weighted by Gasteiger charge is -2.04. The van der Waals surface area contributed by atoms with Crippen LogP contribution < -0.4 is 5.32 Å². The zero-order valence-electron chi connectivity index (χ0n) is 12.1. The first-order valence-corrected chi connectivity index (χ1v) is 7.08. The molecule has 1 N–H and O–H groups in total. The van der Waals surface area contributed by atoms with Crippen molar-refractivity contribution >= 4 is 5.91 Å². The SMILES string of the molecule is Cn1cc(-c2ccc3c(c2)CNC3=O)c(-c2ccncc2)n1. The Labute approximate surface area is 127 Å². The van der Waals surface area contributed by atoms with Crippen molar-refractivity contribution in [2.45, 2.75) is 6.54 Å². The van der Waals surface area contributed by atoms with Crippen LogP contribution in [-0.2, 0) is 13.6 Å². The topological polar surface area (TPSA) is 59.8 Å². The van der Waals surface area contributed by atoms with Gasteiger partial charge in [-0.1, -0.05) is 6.07 Å². The fourth-order valence-electron chi connectivity index (χ4n) is 2.82. The van der Waals surface area contributed by atoms with E-state index >= 15 is 0 Å². The Bertz CT molecular complexity index is 868. The van der Waals surface area contributed by atoms with Crippen LogP contribution in [0.1, 0.15) is 15.9 Å². The second kappa shape index (κ2) is 4.80. The van der Waals surface area contributed by atoms with Gasteiger partial charge >= 0.3 is 0 Å². The van der Waals surface area contributed by atoms with Gasteiger partial charge in [0, 0.05) is 48.9 Å². The molecule has 5 nitrogen and oxygen atoms in total. The molecule has 0 aliphatic carbocycles. The lowest BCUT2D eigenvalue weighted by Crippen LogP contribution is -2.12. The molecule has 1 amide bonds. The van der Waals surface area contributed by atoms with E-state index in [1.165, 1.54) is 0 Å². The molecule has 5 heteroatoms. The van der Waals surface area contributed by atoms with E-state index in [2.05, 4.69) is 21.5 Å². The van der Waals surface area contributed by atoms with Gasteiger partial charge in [0.1, 0.15) is 5.69 Å². The predicted molar refractivity (Wildman–Crippen MR) is 83.0 cm³/mol. The highest BCUT2D eigenvalue weighted by atomic mass is 16.1. The van der Waals surface area contributed by atoms with Gasteiger partial charge in [0.15, 0.2) is 0 Å². The summed E-state index contributed by atoms with van der Waals surface area (Å²) in [6.45, 7) is 0.590. The summed E-state index contributed by atoms with van der Waals surface area (Å²) in [5.74, 6) is 0.00194. The molecular weight excluding hydrogens is 276 g/mol. The van der Waals surface area contributed by atoms with E-state index in [0.717, 1.165) is 33.5 Å². The summed E-state index contributed by atoms with van der Waals surface area (Å²) >= 11 is 0. The molecule has 0 unspecified atom stereocenters. The van der Waals surface area contributed by atoms with Crippen LogP contribution in [-0.4, -0.2) is 20.7 Å². The van der Waals surface area contributed by atoms with Crippen molar-refractivity contribution < 1.29 is 4.79 Å². The Morgan fingerprint density at radius 3 is 2.73 bits per heavy atom. The van der Waals surface area contributed by atoms with Gasteiger partial charge in [-0.05, 0) is 35.4 Å². The average molecular weight is 290 g/mol. The molecule has 1 aliphatic rings. The van der Waals surface area contributed by atoms with Crippen LogP contribution in [0.2, 0.25) is 0 Å². The minimum atomic E-state index is 0.00194. The van der Waals surface area contributed by atoms with Crippen molar-refractivity contribution in [1.82, 2.24) is 20.1 Å². The molecule has 0 saturated carbocycles. The molecule has 0 saturated heterocycles. The van der Waals surface area contributed by atoms with Crippen LogP contribution in [0.25, 0.3) is 22.4 Å². The number of aryl methyl sites for hydroxylation is 1. The third-order valence-corrected chi connectivity index (χ3v) is 3.88. The quantitative estimate of drug-likeness (QED) is 0.788. The van der Waals surface area contributed by atoms with Crippen molar-refractivity contribution in [3.63, 3.8) is 0 Å². The maximum atomic E-state index is 11.7. The van der Waals surface area contributed by atoms with E-state index in [4.69, 9.17) is 0 Å². The molecule has 108 valence electrons. The van der Waals surface area contributed by atoms with Gasteiger partial charge < -0.3 is 5.32 Å². The number of rotatable bonds is 2. The van der Waals surface area contributed by atoms with Crippen molar-refractivity contribution in [1.29, 1.82) is 0 Å². The fraction of sp³-hybridized carbons (Fsp3) is 0.118. The van der Waals surface area contributed by atoms with Crippen LogP contribution in [0.15, 0.2) is 48.9 Å². The molecule has 4 rings (SSSR count). The Morgan fingerprint density at radius 2 is 1.91 bits per heavy atom. The number of aromatic nitrogens is 3. The number of fused-ring (bicyclic) bond motifs is 1. The second-order valence-electron chi connectivity index (χ2n) is 5.36.